The molecule has 1 saturated heterocycles. The van der Waals surface area contributed by atoms with Crippen molar-refractivity contribution in [3.8, 4) is 5.75 Å². The lowest BCUT2D eigenvalue weighted by Crippen LogP contribution is -2.29. The molecule has 0 aliphatic carbocycles. The van der Waals surface area contributed by atoms with Crippen molar-refractivity contribution < 1.29 is 18.3 Å². The number of benzene rings is 1. The van der Waals surface area contributed by atoms with Gasteiger partial charge in [0.1, 0.15) is 24.6 Å². The van der Waals surface area contributed by atoms with Gasteiger partial charge in [0.2, 0.25) is 0 Å². The minimum atomic E-state index is -2.27. The van der Waals surface area contributed by atoms with Crippen LogP contribution in [0.4, 0.5) is 5.82 Å². The summed E-state index contributed by atoms with van der Waals surface area (Å²) in [6.45, 7) is 2.11. The van der Waals surface area contributed by atoms with E-state index in [1.54, 1.807) is 16.6 Å². The molecular weight excluding hydrogens is 367 g/mol. The van der Waals surface area contributed by atoms with Crippen LogP contribution in [-0.4, -0.2) is 26.8 Å². The van der Waals surface area contributed by atoms with E-state index in [9.17, 15) is 4.57 Å². The van der Waals surface area contributed by atoms with E-state index in [1.807, 2.05) is 37.3 Å². The molecule has 9 heteroatoms. The SMILES string of the molecule is C[C@@]1(CO[P+](=O)Oc2ccccc2)CC[C@H](c2ccc3c(N)ncnn23)O1. The van der Waals surface area contributed by atoms with Crippen molar-refractivity contribution >= 4 is 19.6 Å². The van der Waals surface area contributed by atoms with E-state index in [1.165, 1.54) is 6.33 Å². The number of para-hydroxylation sites is 1. The first-order valence-corrected chi connectivity index (χ1v) is 9.73. The Kier molecular flexibility index (Phi) is 4.78. The van der Waals surface area contributed by atoms with Gasteiger partial charge in [-0.05, 0) is 44.0 Å². The molecule has 2 aromatic heterocycles. The van der Waals surface area contributed by atoms with Crippen LogP contribution < -0.4 is 10.3 Å². The Bertz CT molecular complexity index is 964. The lowest BCUT2D eigenvalue weighted by atomic mass is 10.0. The number of rotatable bonds is 6. The molecule has 27 heavy (non-hydrogen) atoms. The highest BCUT2D eigenvalue weighted by molar-refractivity contribution is 7.33. The van der Waals surface area contributed by atoms with Crippen molar-refractivity contribution in [3.63, 3.8) is 0 Å². The summed E-state index contributed by atoms with van der Waals surface area (Å²) in [6, 6.07) is 12.8. The number of ether oxygens (including phenoxy) is 1. The van der Waals surface area contributed by atoms with Crippen LogP contribution in [0.5, 0.6) is 5.75 Å². The van der Waals surface area contributed by atoms with Crippen molar-refractivity contribution in [3.05, 3.63) is 54.5 Å². The van der Waals surface area contributed by atoms with Gasteiger partial charge in [-0.15, -0.1) is 4.52 Å². The molecule has 1 aliphatic rings. The molecule has 1 unspecified atom stereocenters. The molecule has 3 aromatic rings. The van der Waals surface area contributed by atoms with Gasteiger partial charge in [-0.25, -0.2) is 14.0 Å². The molecule has 3 atom stereocenters. The van der Waals surface area contributed by atoms with Crippen molar-refractivity contribution in [2.24, 2.45) is 0 Å². The number of aromatic nitrogens is 3. The average Bonchev–Trinajstić information content (AvgIpc) is 3.26. The van der Waals surface area contributed by atoms with E-state index in [2.05, 4.69) is 10.1 Å². The molecule has 0 radical (unpaired) electrons. The second-order valence-electron chi connectivity index (χ2n) is 6.70. The normalized spacial score (nSPS) is 22.9. The predicted molar refractivity (Wildman–Crippen MR) is 99.5 cm³/mol. The third kappa shape index (κ3) is 3.78. The average molecular weight is 387 g/mol. The van der Waals surface area contributed by atoms with Crippen LogP contribution >= 0.6 is 8.25 Å². The zero-order valence-corrected chi connectivity index (χ0v) is 15.7. The third-order valence-electron chi connectivity index (χ3n) is 4.60. The highest BCUT2D eigenvalue weighted by atomic mass is 31.1. The topological polar surface area (TPSA) is 101 Å². The Balaban J connectivity index is 1.39. The Labute approximate surface area is 157 Å². The summed E-state index contributed by atoms with van der Waals surface area (Å²) in [5.74, 6) is 0.932. The Morgan fingerprint density at radius 3 is 2.96 bits per heavy atom. The number of anilines is 1. The van der Waals surface area contributed by atoms with E-state index in [-0.39, 0.29) is 12.7 Å². The van der Waals surface area contributed by atoms with Crippen LogP contribution in [-0.2, 0) is 13.8 Å². The van der Waals surface area contributed by atoms with E-state index in [0.717, 1.165) is 24.1 Å². The second-order valence-corrected chi connectivity index (χ2v) is 7.58. The molecule has 8 nitrogen and oxygen atoms in total. The molecule has 0 saturated carbocycles. The predicted octanol–water partition coefficient (Wildman–Crippen LogP) is 3.67. The van der Waals surface area contributed by atoms with E-state index >= 15 is 0 Å². The minimum Gasteiger partial charge on any atom is -0.382 e. The first-order valence-electron chi connectivity index (χ1n) is 8.63. The molecule has 4 rings (SSSR count). The largest absolute Gasteiger partial charge is 0.750 e. The quantitative estimate of drug-likeness (QED) is 0.644. The zero-order valence-electron chi connectivity index (χ0n) is 14.8. The van der Waals surface area contributed by atoms with Gasteiger partial charge in [0.25, 0.3) is 0 Å². The van der Waals surface area contributed by atoms with E-state index in [4.69, 9.17) is 19.5 Å². The van der Waals surface area contributed by atoms with Crippen LogP contribution in [0, 0.1) is 0 Å². The molecule has 3 heterocycles. The van der Waals surface area contributed by atoms with Crippen LogP contribution in [0.15, 0.2) is 48.8 Å². The van der Waals surface area contributed by atoms with Gasteiger partial charge in [0, 0.05) is 4.57 Å². The fraction of sp³-hybridized carbons (Fsp3) is 0.333. The van der Waals surface area contributed by atoms with Crippen molar-refractivity contribution in [2.45, 2.75) is 31.5 Å². The van der Waals surface area contributed by atoms with E-state index in [0.29, 0.717) is 11.6 Å². The summed E-state index contributed by atoms with van der Waals surface area (Å²) in [7, 11) is -2.27. The molecule has 0 bridgehead atoms. The molecule has 1 aromatic carbocycles. The monoisotopic (exact) mass is 387 g/mol. The first-order chi connectivity index (χ1) is 13.0. The highest BCUT2D eigenvalue weighted by Crippen LogP contribution is 2.41. The van der Waals surface area contributed by atoms with Gasteiger partial charge in [-0.3, -0.25) is 0 Å². The van der Waals surface area contributed by atoms with E-state index < -0.39 is 13.9 Å². The van der Waals surface area contributed by atoms with Crippen LogP contribution in [0.1, 0.15) is 31.6 Å². The third-order valence-corrected chi connectivity index (χ3v) is 5.30. The molecule has 0 amide bonds. The van der Waals surface area contributed by atoms with Gasteiger partial charge in [-0.1, -0.05) is 18.2 Å². The van der Waals surface area contributed by atoms with Gasteiger partial charge in [0.15, 0.2) is 11.6 Å². The summed E-state index contributed by atoms with van der Waals surface area (Å²) < 4.78 is 30.7. The van der Waals surface area contributed by atoms with Crippen LogP contribution in [0.25, 0.3) is 5.52 Å². The van der Waals surface area contributed by atoms with Crippen molar-refractivity contribution in [1.29, 1.82) is 0 Å². The van der Waals surface area contributed by atoms with Crippen molar-refractivity contribution in [2.75, 3.05) is 12.3 Å². The molecule has 140 valence electrons. The smallest absolute Gasteiger partial charge is 0.382 e. The lowest BCUT2D eigenvalue weighted by molar-refractivity contribution is -0.0576. The maximum Gasteiger partial charge on any atom is 0.750 e. The summed E-state index contributed by atoms with van der Waals surface area (Å²) in [5.41, 5.74) is 6.99. The lowest BCUT2D eigenvalue weighted by Gasteiger charge is -2.21. The maximum absolute atomic E-state index is 12.0. The highest BCUT2D eigenvalue weighted by Gasteiger charge is 2.41. The summed E-state index contributed by atoms with van der Waals surface area (Å²) in [6.07, 6.45) is 2.84. The maximum atomic E-state index is 12.0. The molecule has 0 spiro atoms. The number of nitrogens with two attached hydrogens (primary N) is 1. The summed E-state index contributed by atoms with van der Waals surface area (Å²) in [4.78, 5) is 4.00. The summed E-state index contributed by atoms with van der Waals surface area (Å²) in [5, 5.41) is 4.26. The standard InChI is InChI=1S/C18H20N4O4P/c1-18(11-24-27(23)26-13-5-3-2-4-6-13)10-9-16(25-18)14-7-8-15-17(19)20-12-21-22(14)15/h2-8,12,16H,9-11H2,1H3,(H2,19,20,21)/q+1/t16-,18+/m1/s1. The molecular formula is C18H20N4O4P+. The van der Waals surface area contributed by atoms with Gasteiger partial charge in [-0.2, -0.15) is 5.10 Å². The van der Waals surface area contributed by atoms with Crippen LogP contribution in [0.2, 0.25) is 0 Å². The number of nitrogen functional groups attached to an aromatic ring is 1. The van der Waals surface area contributed by atoms with Gasteiger partial charge >= 0.3 is 8.25 Å². The Morgan fingerprint density at radius 1 is 1.33 bits per heavy atom. The fourth-order valence-corrected chi connectivity index (χ4v) is 3.94. The minimum absolute atomic E-state index is 0.150. The summed E-state index contributed by atoms with van der Waals surface area (Å²) >= 11 is 0. The number of hydrogen-bond donors (Lipinski definition) is 1. The first kappa shape index (κ1) is 17.9. The number of nitrogens with zero attached hydrogens (tertiary/aromatic N) is 3. The molecule has 1 aliphatic heterocycles. The molecule has 2 N–H and O–H groups in total. The number of hydrogen-bond acceptors (Lipinski definition) is 7. The molecule has 1 fully saturated rings. The number of fused-ring (bicyclic) bond motifs is 1. The van der Waals surface area contributed by atoms with Gasteiger partial charge < -0.3 is 10.5 Å². The van der Waals surface area contributed by atoms with Crippen LogP contribution in [0.3, 0.4) is 0 Å². The Hall–Kier alpha value is -2.54. The van der Waals surface area contributed by atoms with Gasteiger partial charge in [0.05, 0.1) is 11.3 Å². The van der Waals surface area contributed by atoms with Crippen molar-refractivity contribution in [1.82, 2.24) is 14.6 Å². The Morgan fingerprint density at radius 2 is 2.15 bits per heavy atom. The second kappa shape index (κ2) is 7.23. The fourth-order valence-electron chi connectivity index (χ4n) is 3.21. The zero-order chi connectivity index (χ0) is 18.9.